The fraction of sp³-hybridized carbons (Fsp3) is 0.222. The first-order chi connectivity index (χ1) is 6.22. The average Bonchev–Trinajstić information content (AvgIpc) is 2.15. The highest BCUT2D eigenvalue weighted by molar-refractivity contribution is 8.21. The highest BCUT2D eigenvalue weighted by atomic mass is 35.7. The van der Waals surface area contributed by atoms with Crippen LogP contribution in [0.4, 0.5) is 0 Å². The second-order valence-corrected chi connectivity index (χ2v) is 3.72. The Hall–Kier alpha value is -0.670. The van der Waals surface area contributed by atoms with Crippen LogP contribution in [0.5, 0.6) is 0 Å². The summed E-state index contributed by atoms with van der Waals surface area (Å²) in [4.78, 5) is 11.6. The smallest absolute Gasteiger partial charge is 0.217 e. The highest BCUT2D eigenvalue weighted by Gasteiger charge is 1.95. The number of carbonyl (C=O) groups excluding carboxylic acids is 1. The van der Waals surface area contributed by atoms with Crippen LogP contribution in [0, 0.1) is 0 Å². The van der Waals surface area contributed by atoms with Gasteiger partial charge in [0.15, 0.2) is 0 Å². The molecule has 0 saturated heterocycles. The fourth-order valence-electron chi connectivity index (χ4n) is 0.885. The van der Waals surface area contributed by atoms with E-state index < -0.39 is 0 Å². The van der Waals surface area contributed by atoms with Gasteiger partial charge in [0.25, 0.3) is 0 Å². The number of benzene rings is 1. The molecule has 4 heteroatoms. The molecule has 1 N–H and O–H groups in total. The molecule has 1 aromatic rings. The zero-order valence-corrected chi connectivity index (χ0v) is 8.78. The fourth-order valence-corrected chi connectivity index (χ4v) is 1.43. The lowest BCUT2D eigenvalue weighted by atomic mass is 10.2. The zero-order chi connectivity index (χ0) is 9.68. The van der Waals surface area contributed by atoms with Gasteiger partial charge in [-0.1, -0.05) is 12.1 Å². The number of carbonyl (C=O) groups is 1. The predicted octanol–water partition coefficient (Wildman–Crippen LogP) is 2.57. The first-order valence-corrected chi connectivity index (χ1v) is 5.48. The van der Waals surface area contributed by atoms with Gasteiger partial charge in [-0.2, -0.15) is 0 Å². The molecule has 0 fully saturated rings. The minimum atomic E-state index is -0.0178. The molecule has 0 spiro atoms. The molecule has 13 heavy (non-hydrogen) atoms. The third-order valence-electron chi connectivity index (χ3n) is 1.55. The SMILES string of the molecule is CC(=O)NCc1ccc(SCl)cc1. The van der Waals surface area contributed by atoms with Crippen molar-refractivity contribution in [1.82, 2.24) is 5.32 Å². The topological polar surface area (TPSA) is 29.1 Å². The minimum Gasteiger partial charge on any atom is -0.352 e. The van der Waals surface area contributed by atoms with Gasteiger partial charge in [-0.3, -0.25) is 4.79 Å². The molecule has 0 unspecified atom stereocenters. The number of hydrogen-bond donors (Lipinski definition) is 1. The summed E-state index contributed by atoms with van der Waals surface area (Å²) in [7, 11) is 6.74. The Balaban J connectivity index is 2.54. The molecule has 70 valence electrons. The maximum Gasteiger partial charge on any atom is 0.217 e. The summed E-state index contributed by atoms with van der Waals surface area (Å²) in [5.41, 5.74) is 1.07. The van der Waals surface area contributed by atoms with Crippen molar-refractivity contribution in [2.24, 2.45) is 0 Å². The maximum atomic E-state index is 10.6. The Labute approximate surface area is 86.2 Å². The van der Waals surface area contributed by atoms with Crippen LogP contribution in [-0.2, 0) is 11.3 Å². The van der Waals surface area contributed by atoms with Crippen LogP contribution in [0.25, 0.3) is 0 Å². The normalized spacial score (nSPS) is 9.69. The number of rotatable bonds is 3. The Morgan fingerprint density at radius 2 is 2.08 bits per heavy atom. The second-order valence-electron chi connectivity index (χ2n) is 2.63. The van der Waals surface area contributed by atoms with Crippen molar-refractivity contribution in [3.8, 4) is 0 Å². The molecule has 0 atom stereocenters. The highest BCUT2D eigenvalue weighted by Crippen LogP contribution is 2.21. The van der Waals surface area contributed by atoms with Gasteiger partial charge in [0.2, 0.25) is 5.91 Å². The van der Waals surface area contributed by atoms with Crippen molar-refractivity contribution in [3.63, 3.8) is 0 Å². The van der Waals surface area contributed by atoms with Gasteiger partial charge in [-0.25, -0.2) is 0 Å². The number of hydrogen-bond acceptors (Lipinski definition) is 2. The summed E-state index contributed by atoms with van der Waals surface area (Å²) in [6.45, 7) is 2.07. The second kappa shape index (κ2) is 5.14. The molecule has 0 saturated carbocycles. The molecular formula is C9H10ClNOS. The molecular weight excluding hydrogens is 206 g/mol. The molecule has 0 aliphatic carbocycles. The molecule has 1 aromatic carbocycles. The summed E-state index contributed by atoms with van der Waals surface area (Å²) in [6, 6.07) is 7.74. The quantitative estimate of drug-likeness (QED) is 0.840. The van der Waals surface area contributed by atoms with Crippen molar-refractivity contribution in [2.75, 3.05) is 0 Å². The third-order valence-corrected chi connectivity index (χ3v) is 2.54. The summed E-state index contributed by atoms with van der Waals surface area (Å²) < 4.78 is 0. The minimum absolute atomic E-state index is 0.0178. The van der Waals surface area contributed by atoms with Gasteiger partial charge in [0.05, 0.1) is 0 Å². The van der Waals surface area contributed by atoms with Crippen molar-refractivity contribution >= 4 is 27.6 Å². The van der Waals surface area contributed by atoms with Gasteiger partial charge < -0.3 is 5.32 Å². The van der Waals surface area contributed by atoms with E-state index in [0.717, 1.165) is 10.5 Å². The molecule has 0 bridgehead atoms. The lowest BCUT2D eigenvalue weighted by Gasteiger charge is -2.02. The Morgan fingerprint density at radius 3 is 2.54 bits per heavy atom. The van der Waals surface area contributed by atoms with Crippen LogP contribution >= 0.6 is 21.7 Å². The van der Waals surface area contributed by atoms with Crippen molar-refractivity contribution in [3.05, 3.63) is 29.8 Å². The van der Waals surface area contributed by atoms with Gasteiger partial charge in [-0.15, -0.1) is 0 Å². The summed E-state index contributed by atoms with van der Waals surface area (Å²) in [5, 5.41) is 2.72. The van der Waals surface area contributed by atoms with Crippen molar-refractivity contribution in [2.45, 2.75) is 18.4 Å². The molecule has 0 radical (unpaired) electrons. The maximum absolute atomic E-state index is 10.6. The lowest BCUT2D eigenvalue weighted by molar-refractivity contribution is -0.119. The number of nitrogens with one attached hydrogen (secondary N) is 1. The molecule has 0 heterocycles. The number of halogens is 1. The molecule has 0 aromatic heterocycles. The average molecular weight is 216 g/mol. The van der Waals surface area contributed by atoms with Crippen LogP contribution < -0.4 is 5.32 Å². The molecule has 0 aliphatic rings. The van der Waals surface area contributed by atoms with Gasteiger partial charge in [-0.05, 0) is 39.4 Å². The van der Waals surface area contributed by atoms with E-state index in [-0.39, 0.29) is 5.91 Å². The third kappa shape index (κ3) is 3.70. The van der Waals surface area contributed by atoms with E-state index in [0.29, 0.717) is 6.54 Å². The molecule has 2 nitrogen and oxygen atoms in total. The monoisotopic (exact) mass is 215 g/mol. The zero-order valence-electron chi connectivity index (χ0n) is 7.21. The van der Waals surface area contributed by atoms with Gasteiger partial charge in [0, 0.05) is 18.4 Å². The van der Waals surface area contributed by atoms with Crippen LogP contribution in [0.3, 0.4) is 0 Å². The standard InChI is InChI=1S/C9H10ClNOS/c1-7(12)11-6-8-2-4-9(13-10)5-3-8/h2-5H,6H2,1H3,(H,11,12). The Morgan fingerprint density at radius 1 is 1.46 bits per heavy atom. The molecule has 0 aliphatic heterocycles. The summed E-state index contributed by atoms with van der Waals surface area (Å²) >= 11 is 0. The van der Waals surface area contributed by atoms with E-state index in [9.17, 15) is 4.79 Å². The van der Waals surface area contributed by atoms with E-state index in [1.807, 2.05) is 24.3 Å². The van der Waals surface area contributed by atoms with Crippen molar-refractivity contribution in [1.29, 1.82) is 0 Å². The van der Waals surface area contributed by atoms with Crippen LogP contribution in [0.15, 0.2) is 29.2 Å². The summed E-state index contributed by atoms with van der Waals surface area (Å²) in [5.74, 6) is -0.0178. The first kappa shape index (κ1) is 10.4. The lowest BCUT2D eigenvalue weighted by Crippen LogP contribution is -2.18. The van der Waals surface area contributed by atoms with Crippen LogP contribution in [-0.4, -0.2) is 5.91 Å². The van der Waals surface area contributed by atoms with E-state index in [4.69, 9.17) is 10.7 Å². The predicted molar refractivity (Wildman–Crippen MR) is 55.7 cm³/mol. The molecule has 1 amide bonds. The van der Waals surface area contributed by atoms with E-state index >= 15 is 0 Å². The Kier molecular flexibility index (Phi) is 4.12. The van der Waals surface area contributed by atoms with E-state index in [1.165, 1.54) is 17.9 Å². The molecule has 1 rings (SSSR count). The van der Waals surface area contributed by atoms with E-state index in [1.54, 1.807) is 0 Å². The largest absolute Gasteiger partial charge is 0.352 e. The van der Waals surface area contributed by atoms with Gasteiger partial charge >= 0.3 is 0 Å². The van der Waals surface area contributed by atoms with Crippen LogP contribution in [0.2, 0.25) is 0 Å². The Bertz CT molecular complexity index is 286. The van der Waals surface area contributed by atoms with Crippen LogP contribution in [0.1, 0.15) is 12.5 Å². The summed E-state index contributed by atoms with van der Waals surface area (Å²) in [6.07, 6.45) is 0. The number of amides is 1. The first-order valence-electron chi connectivity index (χ1n) is 3.84. The van der Waals surface area contributed by atoms with Gasteiger partial charge in [0.1, 0.15) is 0 Å². The van der Waals surface area contributed by atoms with Crippen molar-refractivity contribution < 1.29 is 4.79 Å². The van der Waals surface area contributed by atoms with E-state index in [2.05, 4.69) is 5.32 Å².